The van der Waals surface area contributed by atoms with E-state index in [2.05, 4.69) is 5.32 Å². The lowest BCUT2D eigenvalue weighted by atomic mass is 9.98. The van der Waals surface area contributed by atoms with Crippen molar-refractivity contribution in [1.82, 2.24) is 5.32 Å². The van der Waals surface area contributed by atoms with E-state index in [1.165, 1.54) is 7.05 Å². The zero-order chi connectivity index (χ0) is 15.6. The Morgan fingerprint density at radius 2 is 1.90 bits per heavy atom. The molecule has 0 bridgehead atoms. The highest BCUT2D eigenvalue weighted by Gasteiger charge is 2.35. The second-order valence-corrected chi connectivity index (χ2v) is 6.75. The Labute approximate surface area is 114 Å². The van der Waals surface area contributed by atoms with E-state index in [0.717, 1.165) is 18.4 Å². The van der Waals surface area contributed by atoms with Crippen LogP contribution in [0.1, 0.15) is 23.6 Å². The normalized spacial score (nSPS) is 14.3. The van der Waals surface area contributed by atoms with Crippen molar-refractivity contribution in [2.45, 2.75) is 18.6 Å². The van der Waals surface area contributed by atoms with Gasteiger partial charge >= 0.3 is 6.18 Å². The highest BCUT2D eigenvalue weighted by atomic mass is 32.2. The third-order valence-electron chi connectivity index (χ3n) is 2.82. The third kappa shape index (κ3) is 4.75. The Morgan fingerprint density at radius 1 is 1.30 bits per heavy atom. The molecule has 0 radical (unpaired) electrons. The summed E-state index contributed by atoms with van der Waals surface area (Å²) in [6.45, 7) is 0. The van der Waals surface area contributed by atoms with Crippen molar-refractivity contribution in [3.63, 3.8) is 0 Å². The van der Waals surface area contributed by atoms with E-state index < -0.39 is 33.4 Å². The van der Waals surface area contributed by atoms with Crippen molar-refractivity contribution in [2.75, 3.05) is 19.1 Å². The Morgan fingerprint density at radius 3 is 2.35 bits per heavy atom. The fourth-order valence-electron chi connectivity index (χ4n) is 1.87. The number of hydrogen-bond acceptors (Lipinski definition) is 3. The van der Waals surface area contributed by atoms with E-state index in [9.17, 15) is 26.0 Å². The molecular weight excluding hydrogens is 298 g/mol. The monoisotopic (exact) mass is 313 g/mol. The van der Waals surface area contributed by atoms with Crippen molar-refractivity contribution in [3.05, 3.63) is 35.1 Å². The first kappa shape index (κ1) is 16.9. The molecule has 1 unspecified atom stereocenters. The summed E-state index contributed by atoms with van der Waals surface area (Å²) in [5, 5.41) is 2.60. The molecule has 3 nitrogen and oxygen atoms in total. The van der Waals surface area contributed by atoms with Gasteiger partial charge in [0, 0.05) is 12.3 Å². The molecule has 1 N–H and O–H groups in total. The number of halogens is 4. The highest BCUT2D eigenvalue weighted by molar-refractivity contribution is 7.90. The number of hydrogen-bond donors (Lipinski definition) is 1. The molecule has 0 amide bonds. The number of sulfone groups is 1. The van der Waals surface area contributed by atoms with Gasteiger partial charge in [0.05, 0.1) is 11.3 Å². The minimum Gasteiger partial charge on any atom is -0.313 e. The fraction of sp³-hybridized carbons (Fsp3) is 0.500. The molecule has 8 heteroatoms. The van der Waals surface area contributed by atoms with Gasteiger partial charge in [-0.1, -0.05) is 0 Å². The van der Waals surface area contributed by atoms with Crippen LogP contribution in [-0.2, 0) is 16.0 Å². The molecule has 1 rings (SSSR count). The van der Waals surface area contributed by atoms with Crippen molar-refractivity contribution in [3.8, 4) is 0 Å². The first-order valence-corrected chi connectivity index (χ1v) is 7.82. The quantitative estimate of drug-likeness (QED) is 0.850. The van der Waals surface area contributed by atoms with Crippen LogP contribution in [0.15, 0.2) is 18.2 Å². The summed E-state index contributed by atoms with van der Waals surface area (Å²) >= 11 is 0. The molecule has 0 saturated heterocycles. The average molecular weight is 313 g/mol. The predicted molar refractivity (Wildman–Crippen MR) is 67.5 cm³/mol. The topological polar surface area (TPSA) is 46.2 Å². The Kier molecular flexibility index (Phi) is 5.15. The van der Waals surface area contributed by atoms with E-state index in [4.69, 9.17) is 0 Å². The Balaban J connectivity index is 3.17. The minimum absolute atomic E-state index is 0.0676. The lowest BCUT2D eigenvalue weighted by molar-refractivity contribution is -0.138. The molecule has 0 aliphatic carbocycles. The Bertz CT molecular complexity index is 569. The van der Waals surface area contributed by atoms with Gasteiger partial charge in [-0.05, 0) is 37.2 Å². The molecule has 1 aromatic rings. The first-order chi connectivity index (χ1) is 9.04. The van der Waals surface area contributed by atoms with E-state index in [1.807, 2.05) is 0 Å². The maximum atomic E-state index is 13.2. The van der Waals surface area contributed by atoms with Gasteiger partial charge in [-0.15, -0.1) is 0 Å². The van der Waals surface area contributed by atoms with Crippen molar-refractivity contribution < 1.29 is 26.0 Å². The molecule has 0 heterocycles. The smallest absolute Gasteiger partial charge is 0.313 e. The average Bonchev–Trinajstić information content (AvgIpc) is 2.26. The number of alkyl halides is 3. The maximum Gasteiger partial charge on any atom is 0.416 e. The number of rotatable bonds is 5. The second-order valence-electron chi connectivity index (χ2n) is 4.49. The van der Waals surface area contributed by atoms with E-state index in [1.54, 1.807) is 0 Å². The SMILES string of the molecule is CNC(CCS(C)(=O)=O)c1cc(F)ccc1C(F)(F)F. The number of nitrogens with one attached hydrogen (secondary N) is 1. The van der Waals surface area contributed by atoms with Gasteiger partial charge in [-0.25, -0.2) is 12.8 Å². The van der Waals surface area contributed by atoms with Crippen LogP contribution in [-0.4, -0.2) is 27.5 Å². The molecule has 0 spiro atoms. The molecule has 0 aromatic heterocycles. The van der Waals surface area contributed by atoms with Crippen LogP contribution >= 0.6 is 0 Å². The van der Waals surface area contributed by atoms with Gasteiger partial charge in [0.2, 0.25) is 0 Å². The zero-order valence-corrected chi connectivity index (χ0v) is 11.8. The van der Waals surface area contributed by atoms with Crippen LogP contribution in [0.2, 0.25) is 0 Å². The van der Waals surface area contributed by atoms with Crippen LogP contribution < -0.4 is 5.32 Å². The maximum absolute atomic E-state index is 13.2. The minimum atomic E-state index is -4.62. The van der Waals surface area contributed by atoms with Crippen LogP contribution in [0.5, 0.6) is 0 Å². The van der Waals surface area contributed by atoms with Crippen LogP contribution in [0.4, 0.5) is 17.6 Å². The van der Waals surface area contributed by atoms with Gasteiger partial charge in [-0.2, -0.15) is 13.2 Å². The van der Waals surface area contributed by atoms with Gasteiger partial charge in [0.15, 0.2) is 0 Å². The molecule has 0 aliphatic heterocycles. The standard InChI is InChI=1S/C12H15F4NO2S/c1-17-11(5-6-20(2,18)19)9-7-8(13)3-4-10(9)12(14,15)16/h3-4,7,11,17H,5-6H2,1-2H3. The largest absolute Gasteiger partial charge is 0.416 e. The fourth-order valence-corrected chi connectivity index (χ4v) is 2.53. The molecule has 114 valence electrons. The van der Waals surface area contributed by atoms with Crippen molar-refractivity contribution >= 4 is 9.84 Å². The summed E-state index contributed by atoms with van der Waals surface area (Å²) in [6, 6.07) is 1.29. The Hall–Kier alpha value is -1.15. The summed E-state index contributed by atoms with van der Waals surface area (Å²) in [6.07, 6.45) is -3.69. The molecule has 0 aliphatic rings. The second kappa shape index (κ2) is 6.09. The highest BCUT2D eigenvalue weighted by Crippen LogP contribution is 2.35. The summed E-state index contributed by atoms with van der Waals surface area (Å²) in [7, 11) is -1.91. The van der Waals surface area contributed by atoms with Gasteiger partial charge in [0.1, 0.15) is 15.7 Å². The summed E-state index contributed by atoms with van der Waals surface area (Å²) in [5.74, 6) is -1.08. The summed E-state index contributed by atoms with van der Waals surface area (Å²) in [5.41, 5.74) is -1.25. The van der Waals surface area contributed by atoms with E-state index in [0.29, 0.717) is 6.07 Å². The van der Waals surface area contributed by atoms with Crippen LogP contribution in [0.3, 0.4) is 0 Å². The predicted octanol–water partition coefficient (Wildman–Crippen LogP) is 2.54. The van der Waals surface area contributed by atoms with Gasteiger partial charge in [-0.3, -0.25) is 0 Å². The van der Waals surface area contributed by atoms with E-state index >= 15 is 0 Å². The van der Waals surface area contributed by atoms with E-state index in [-0.39, 0.29) is 17.7 Å². The third-order valence-corrected chi connectivity index (χ3v) is 3.80. The summed E-state index contributed by atoms with van der Waals surface area (Å²) < 4.78 is 74.1. The number of benzene rings is 1. The van der Waals surface area contributed by atoms with Crippen molar-refractivity contribution in [1.29, 1.82) is 0 Å². The molecule has 0 fully saturated rings. The summed E-state index contributed by atoms with van der Waals surface area (Å²) in [4.78, 5) is 0. The van der Waals surface area contributed by atoms with Gasteiger partial charge < -0.3 is 5.32 Å². The molecular formula is C12H15F4NO2S. The molecule has 20 heavy (non-hydrogen) atoms. The van der Waals surface area contributed by atoms with Crippen LogP contribution in [0, 0.1) is 5.82 Å². The molecule has 1 atom stereocenters. The van der Waals surface area contributed by atoms with Crippen LogP contribution in [0.25, 0.3) is 0 Å². The first-order valence-electron chi connectivity index (χ1n) is 5.76. The van der Waals surface area contributed by atoms with Gasteiger partial charge in [0.25, 0.3) is 0 Å². The zero-order valence-electron chi connectivity index (χ0n) is 11.0. The molecule has 1 aromatic carbocycles. The van der Waals surface area contributed by atoms with Crippen molar-refractivity contribution in [2.24, 2.45) is 0 Å². The molecule has 0 saturated carbocycles. The lowest BCUT2D eigenvalue weighted by Gasteiger charge is -2.21. The lowest BCUT2D eigenvalue weighted by Crippen LogP contribution is -2.23.